The zero-order chi connectivity index (χ0) is 23.9. The maximum Gasteiger partial charge on any atom is 0.223 e. The van der Waals surface area contributed by atoms with Crippen molar-refractivity contribution in [1.82, 2.24) is 14.8 Å². The monoisotopic (exact) mass is 465 g/mol. The van der Waals surface area contributed by atoms with E-state index >= 15 is 0 Å². The van der Waals surface area contributed by atoms with Gasteiger partial charge < -0.3 is 19.0 Å². The van der Waals surface area contributed by atoms with E-state index < -0.39 is 0 Å². The van der Waals surface area contributed by atoms with Gasteiger partial charge in [-0.25, -0.2) is 9.37 Å². The first-order valence-electron chi connectivity index (χ1n) is 11.4. The van der Waals surface area contributed by atoms with Crippen LogP contribution in [0, 0.1) is 5.82 Å². The Labute approximate surface area is 198 Å². The molecule has 8 heteroatoms. The van der Waals surface area contributed by atoms with Crippen molar-refractivity contribution in [2.75, 3.05) is 33.3 Å². The summed E-state index contributed by atoms with van der Waals surface area (Å²) >= 11 is 0. The van der Waals surface area contributed by atoms with Gasteiger partial charge in [-0.3, -0.25) is 9.59 Å². The summed E-state index contributed by atoms with van der Waals surface area (Å²) in [6.45, 7) is 2.09. The lowest BCUT2D eigenvalue weighted by molar-refractivity contribution is -0.139. The van der Waals surface area contributed by atoms with Crippen molar-refractivity contribution >= 4 is 11.8 Å². The van der Waals surface area contributed by atoms with Crippen molar-refractivity contribution in [2.45, 2.75) is 25.7 Å². The maximum absolute atomic E-state index is 13.9. The van der Waals surface area contributed by atoms with Crippen LogP contribution in [0.1, 0.15) is 24.3 Å². The molecule has 0 radical (unpaired) electrons. The summed E-state index contributed by atoms with van der Waals surface area (Å²) in [5, 5.41) is 0. The number of benzene rings is 2. The van der Waals surface area contributed by atoms with Crippen molar-refractivity contribution in [3.63, 3.8) is 0 Å². The molecule has 7 nitrogen and oxygen atoms in total. The Morgan fingerprint density at radius 1 is 0.941 bits per heavy atom. The first-order chi connectivity index (χ1) is 16.5. The molecule has 178 valence electrons. The number of hydrogen-bond acceptors (Lipinski definition) is 5. The van der Waals surface area contributed by atoms with Crippen LogP contribution in [0.2, 0.25) is 0 Å². The standard InChI is InChI=1S/C26H28FN3O4/c1-33-20-9-6-19(7-10-20)8-12-25(31)29-14-16-30(17-15-29)26(32)13-11-24-28-18-23(34-24)21-4-2-3-5-22(21)27/h2-7,9-10,18H,8,11-17H2,1H3. The van der Waals surface area contributed by atoms with Gasteiger partial charge >= 0.3 is 0 Å². The third kappa shape index (κ3) is 5.81. The van der Waals surface area contributed by atoms with Crippen LogP contribution in [0.4, 0.5) is 4.39 Å². The molecule has 0 N–H and O–H groups in total. The number of rotatable bonds is 8. The Morgan fingerprint density at radius 2 is 1.56 bits per heavy atom. The van der Waals surface area contributed by atoms with Crippen LogP contribution in [-0.2, 0) is 22.4 Å². The number of carbonyl (C=O) groups excluding carboxylic acids is 2. The molecule has 0 unspecified atom stereocenters. The van der Waals surface area contributed by atoms with Gasteiger partial charge in [0.1, 0.15) is 11.6 Å². The van der Waals surface area contributed by atoms with Crippen LogP contribution in [0.25, 0.3) is 11.3 Å². The highest BCUT2D eigenvalue weighted by molar-refractivity contribution is 5.78. The summed E-state index contributed by atoms with van der Waals surface area (Å²) in [4.78, 5) is 33.0. The molecule has 2 heterocycles. The van der Waals surface area contributed by atoms with Crippen LogP contribution in [0.15, 0.2) is 59.1 Å². The van der Waals surface area contributed by atoms with Gasteiger partial charge in [-0.05, 0) is 36.2 Å². The molecule has 34 heavy (non-hydrogen) atoms. The van der Waals surface area contributed by atoms with E-state index in [-0.39, 0.29) is 24.1 Å². The highest BCUT2D eigenvalue weighted by Crippen LogP contribution is 2.23. The van der Waals surface area contributed by atoms with Crippen molar-refractivity contribution in [1.29, 1.82) is 0 Å². The van der Waals surface area contributed by atoms with Gasteiger partial charge in [-0.15, -0.1) is 0 Å². The summed E-state index contributed by atoms with van der Waals surface area (Å²) < 4.78 is 24.7. The minimum absolute atomic E-state index is 0.00373. The molecule has 1 aliphatic heterocycles. The zero-order valence-electron chi connectivity index (χ0n) is 19.2. The molecule has 1 aliphatic rings. The van der Waals surface area contributed by atoms with E-state index in [0.717, 1.165) is 11.3 Å². The summed E-state index contributed by atoms with van der Waals surface area (Å²) in [6.07, 6.45) is 3.19. The Hall–Kier alpha value is -3.68. The molecular weight excluding hydrogens is 437 g/mol. The Balaban J connectivity index is 1.20. The minimum atomic E-state index is -0.377. The summed E-state index contributed by atoms with van der Waals surface area (Å²) in [6, 6.07) is 14.1. The molecule has 1 saturated heterocycles. The molecule has 0 aliphatic carbocycles. The fourth-order valence-electron chi connectivity index (χ4n) is 3.99. The number of carbonyl (C=O) groups is 2. The van der Waals surface area contributed by atoms with Gasteiger partial charge in [0, 0.05) is 45.4 Å². The molecule has 3 aromatic rings. The van der Waals surface area contributed by atoms with Crippen LogP contribution in [0.3, 0.4) is 0 Å². The lowest BCUT2D eigenvalue weighted by atomic mass is 10.1. The maximum atomic E-state index is 13.9. The molecule has 4 rings (SSSR count). The smallest absolute Gasteiger partial charge is 0.223 e. The number of aryl methyl sites for hydroxylation is 2. The largest absolute Gasteiger partial charge is 0.497 e. The molecule has 0 saturated carbocycles. The van der Waals surface area contributed by atoms with E-state index in [1.165, 1.54) is 12.3 Å². The Morgan fingerprint density at radius 3 is 2.18 bits per heavy atom. The first-order valence-corrected chi connectivity index (χ1v) is 11.4. The quantitative estimate of drug-likeness (QED) is 0.507. The van der Waals surface area contributed by atoms with E-state index in [2.05, 4.69) is 4.98 Å². The van der Waals surface area contributed by atoms with Crippen LogP contribution < -0.4 is 4.74 Å². The van der Waals surface area contributed by atoms with Crippen molar-refractivity contribution in [3.8, 4) is 17.1 Å². The highest BCUT2D eigenvalue weighted by atomic mass is 19.1. The number of nitrogens with zero attached hydrogens (tertiary/aromatic N) is 3. The van der Waals surface area contributed by atoms with Crippen LogP contribution >= 0.6 is 0 Å². The second kappa shape index (κ2) is 11.0. The lowest BCUT2D eigenvalue weighted by Crippen LogP contribution is -2.50. The van der Waals surface area contributed by atoms with Gasteiger partial charge in [0.25, 0.3) is 0 Å². The number of halogens is 1. The second-order valence-corrected chi connectivity index (χ2v) is 8.21. The normalized spacial score (nSPS) is 13.7. The molecule has 0 bridgehead atoms. The number of oxazole rings is 1. The number of hydrogen-bond donors (Lipinski definition) is 0. The van der Waals surface area contributed by atoms with Gasteiger partial charge in [-0.2, -0.15) is 0 Å². The molecule has 1 fully saturated rings. The highest BCUT2D eigenvalue weighted by Gasteiger charge is 2.24. The molecule has 2 amide bonds. The SMILES string of the molecule is COc1ccc(CCC(=O)N2CCN(C(=O)CCc3ncc(-c4ccccc4F)o3)CC2)cc1. The average Bonchev–Trinajstić information content (AvgIpc) is 3.35. The van der Waals surface area contributed by atoms with E-state index in [1.54, 1.807) is 30.2 Å². The van der Waals surface area contributed by atoms with Crippen LogP contribution in [0.5, 0.6) is 5.75 Å². The van der Waals surface area contributed by atoms with Gasteiger partial charge in [0.2, 0.25) is 11.8 Å². The lowest BCUT2D eigenvalue weighted by Gasteiger charge is -2.35. The van der Waals surface area contributed by atoms with Crippen molar-refractivity contribution in [2.24, 2.45) is 0 Å². The van der Waals surface area contributed by atoms with E-state index in [0.29, 0.717) is 62.7 Å². The predicted molar refractivity (Wildman–Crippen MR) is 125 cm³/mol. The molecule has 0 spiro atoms. The Kier molecular flexibility index (Phi) is 7.57. The number of piperazine rings is 1. The number of ether oxygens (including phenoxy) is 1. The third-order valence-electron chi connectivity index (χ3n) is 6.02. The fraction of sp³-hybridized carbons (Fsp3) is 0.346. The van der Waals surface area contributed by atoms with Crippen molar-refractivity contribution in [3.05, 3.63) is 72.0 Å². The number of methoxy groups -OCH3 is 1. The summed E-state index contributed by atoms with van der Waals surface area (Å²) in [7, 11) is 1.63. The molecule has 2 aromatic carbocycles. The van der Waals surface area contributed by atoms with Gasteiger partial charge in [-0.1, -0.05) is 24.3 Å². The van der Waals surface area contributed by atoms with E-state index in [4.69, 9.17) is 9.15 Å². The van der Waals surface area contributed by atoms with Gasteiger partial charge in [0.15, 0.2) is 11.7 Å². The zero-order valence-corrected chi connectivity index (χ0v) is 19.2. The van der Waals surface area contributed by atoms with Gasteiger partial charge in [0.05, 0.1) is 18.9 Å². The minimum Gasteiger partial charge on any atom is -0.497 e. The third-order valence-corrected chi connectivity index (χ3v) is 6.02. The number of amides is 2. The second-order valence-electron chi connectivity index (χ2n) is 8.21. The molecular formula is C26H28FN3O4. The number of aromatic nitrogens is 1. The molecule has 0 atom stereocenters. The fourth-order valence-corrected chi connectivity index (χ4v) is 3.99. The Bertz CT molecular complexity index is 1120. The summed E-state index contributed by atoms with van der Waals surface area (Å²) in [5.41, 5.74) is 1.44. The van der Waals surface area contributed by atoms with E-state index in [1.807, 2.05) is 29.2 Å². The predicted octanol–water partition coefficient (Wildman–Crippen LogP) is 3.73. The summed E-state index contributed by atoms with van der Waals surface area (Å²) in [5.74, 6) is 1.27. The molecule has 1 aromatic heterocycles. The first kappa shape index (κ1) is 23.5. The van der Waals surface area contributed by atoms with Crippen molar-refractivity contribution < 1.29 is 23.1 Å². The van der Waals surface area contributed by atoms with Crippen LogP contribution in [-0.4, -0.2) is 59.9 Å². The average molecular weight is 466 g/mol. The van der Waals surface area contributed by atoms with E-state index in [9.17, 15) is 14.0 Å². The topological polar surface area (TPSA) is 75.9 Å².